The average molecular weight is 350 g/mol. The Morgan fingerprint density at radius 2 is 1.88 bits per heavy atom. The van der Waals surface area contributed by atoms with Crippen LogP contribution in [-0.4, -0.2) is 14.6 Å². The lowest BCUT2D eigenvalue weighted by Gasteiger charge is -2.13. The highest BCUT2D eigenvalue weighted by molar-refractivity contribution is 9.25. The van der Waals surface area contributed by atoms with Gasteiger partial charge in [0.1, 0.15) is 9.49 Å². The molecule has 0 aliphatic carbocycles. The van der Waals surface area contributed by atoms with Crippen molar-refractivity contribution in [3.63, 3.8) is 0 Å². The standard InChI is InChI=1S/C12H14Br2O2/c1-6(2)8-5-9(11(16)12(13)14)7(3)4-10(8)15/h4-6,12,15H,1-3H3. The molecule has 1 N–H and O–H groups in total. The normalized spacial score (nSPS) is 11.2. The van der Waals surface area contributed by atoms with Gasteiger partial charge in [-0.25, -0.2) is 0 Å². The van der Waals surface area contributed by atoms with Crippen LogP contribution >= 0.6 is 31.9 Å². The predicted octanol–water partition coefficient (Wildman–Crippen LogP) is 4.12. The van der Waals surface area contributed by atoms with Crippen LogP contribution in [0.15, 0.2) is 12.1 Å². The third-order valence-electron chi connectivity index (χ3n) is 2.46. The van der Waals surface area contributed by atoms with Crippen LogP contribution in [0, 0.1) is 6.92 Å². The van der Waals surface area contributed by atoms with Crippen molar-refractivity contribution in [2.45, 2.75) is 30.4 Å². The number of alkyl halides is 2. The molecule has 2 nitrogen and oxygen atoms in total. The van der Waals surface area contributed by atoms with Gasteiger partial charge in [-0.2, -0.15) is 0 Å². The largest absolute Gasteiger partial charge is 0.508 e. The van der Waals surface area contributed by atoms with Crippen LogP contribution in [-0.2, 0) is 0 Å². The molecule has 4 heteroatoms. The molecule has 88 valence electrons. The van der Waals surface area contributed by atoms with Crippen LogP contribution in [0.2, 0.25) is 0 Å². The van der Waals surface area contributed by atoms with E-state index in [-0.39, 0.29) is 21.2 Å². The van der Waals surface area contributed by atoms with E-state index < -0.39 is 0 Å². The van der Waals surface area contributed by atoms with E-state index in [4.69, 9.17) is 0 Å². The number of aryl methyl sites for hydroxylation is 1. The molecule has 0 bridgehead atoms. The Kier molecular flexibility index (Phi) is 4.56. The van der Waals surface area contributed by atoms with Gasteiger partial charge < -0.3 is 5.11 Å². The van der Waals surface area contributed by atoms with Crippen LogP contribution in [0.4, 0.5) is 0 Å². The number of phenolic OH excluding ortho intramolecular Hbond substituents is 1. The number of benzene rings is 1. The predicted molar refractivity (Wildman–Crippen MR) is 72.9 cm³/mol. The fourth-order valence-corrected chi connectivity index (χ4v) is 2.05. The van der Waals surface area contributed by atoms with E-state index in [2.05, 4.69) is 31.9 Å². The molecule has 1 rings (SSSR count). The van der Waals surface area contributed by atoms with Gasteiger partial charge in [-0.3, -0.25) is 4.79 Å². The van der Waals surface area contributed by atoms with Gasteiger partial charge in [-0.15, -0.1) is 0 Å². The average Bonchev–Trinajstić information content (AvgIpc) is 2.16. The molecule has 1 aromatic carbocycles. The van der Waals surface area contributed by atoms with E-state index >= 15 is 0 Å². The van der Waals surface area contributed by atoms with Crippen LogP contribution in [0.3, 0.4) is 0 Å². The SMILES string of the molecule is Cc1cc(O)c(C(C)C)cc1C(=O)C(Br)Br. The number of Topliss-reactive ketones (excluding diaryl/α,β-unsaturated/α-hetero) is 1. The van der Waals surface area contributed by atoms with Gasteiger partial charge in [0.25, 0.3) is 0 Å². The third kappa shape index (κ3) is 2.86. The van der Waals surface area contributed by atoms with Gasteiger partial charge >= 0.3 is 0 Å². The van der Waals surface area contributed by atoms with Gasteiger partial charge in [0.05, 0.1) is 0 Å². The molecule has 0 amide bonds. The van der Waals surface area contributed by atoms with Crippen molar-refractivity contribution < 1.29 is 9.90 Å². The Morgan fingerprint density at radius 3 is 2.31 bits per heavy atom. The highest BCUT2D eigenvalue weighted by Crippen LogP contribution is 2.30. The molecule has 0 spiro atoms. The number of hydrogen-bond acceptors (Lipinski definition) is 2. The summed E-state index contributed by atoms with van der Waals surface area (Å²) in [6.45, 7) is 5.79. The van der Waals surface area contributed by atoms with Crippen molar-refractivity contribution in [3.05, 3.63) is 28.8 Å². The molecule has 0 saturated heterocycles. The van der Waals surface area contributed by atoms with Gasteiger partial charge in [-0.05, 0) is 36.1 Å². The molecule has 0 heterocycles. The highest BCUT2D eigenvalue weighted by Gasteiger charge is 2.18. The summed E-state index contributed by atoms with van der Waals surface area (Å²) in [6.07, 6.45) is 0. The van der Waals surface area contributed by atoms with E-state index in [1.807, 2.05) is 20.8 Å². The topological polar surface area (TPSA) is 37.3 Å². The maximum Gasteiger partial charge on any atom is 0.187 e. The molecule has 0 atom stereocenters. The molecule has 1 aromatic rings. The molecular formula is C12H14Br2O2. The molecular weight excluding hydrogens is 336 g/mol. The first kappa shape index (κ1) is 13.7. The van der Waals surface area contributed by atoms with Crippen molar-refractivity contribution in [1.29, 1.82) is 0 Å². The molecule has 0 unspecified atom stereocenters. The minimum absolute atomic E-state index is 0.0283. The van der Waals surface area contributed by atoms with E-state index in [1.165, 1.54) is 0 Å². The molecule has 0 aliphatic heterocycles. The van der Waals surface area contributed by atoms with Gasteiger partial charge in [0, 0.05) is 5.56 Å². The summed E-state index contributed by atoms with van der Waals surface area (Å²) in [5, 5.41) is 9.77. The molecule has 16 heavy (non-hydrogen) atoms. The highest BCUT2D eigenvalue weighted by atomic mass is 79.9. The Morgan fingerprint density at radius 1 is 1.31 bits per heavy atom. The van der Waals surface area contributed by atoms with Gasteiger partial charge in [0.15, 0.2) is 5.78 Å². The summed E-state index contributed by atoms with van der Waals surface area (Å²) in [6, 6.07) is 3.41. The zero-order valence-electron chi connectivity index (χ0n) is 9.42. The molecule has 0 fully saturated rings. The first-order chi connectivity index (χ1) is 7.34. The Labute approximate surface area is 112 Å². The van der Waals surface area contributed by atoms with Gasteiger partial charge in [0.2, 0.25) is 0 Å². The summed E-state index contributed by atoms with van der Waals surface area (Å²) in [7, 11) is 0. The second-order valence-corrected chi connectivity index (χ2v) is 7.11. The number of ketones is 1. The number of carbonyl (C=O) groups excluding carboxylic acids is 1. The maximum atomic E-state index is 11.9. The van der Waals surface area contributed by atoms with Crippen LogP contribution in [0.1, 0.15) is 41.3 Å². The van der Waals surface area contributed by atoms with Crippen LogP contribution < -0.4 is 0 Å². The Hall–Kier alpha value is -0.350. The molecule has 0 saturated carbocycles. The van der Waals surface area contributed by atoms with Crippen molar-refractivity contribution in [1.82, 2.24) is 0 Å². The summed E-state index contributed by atoms with van der Waals surface area (Å²) >= 11 is 6.39. The van der Waals surface area contributed by atoms with E-state index in [1.54, 1.807) is 12.1 Å². The van der Waals surface area contributed by atoms with Crippen molar-refractivity contribution >= 4 is 37.6 Å². The molecule has 0 aromatic heterocycles. The minimum Gasteiger partial charge on any atom is -0.508 e. The van der Waals surface area contributed by atoms with Crippen LogP contribution in [0.25, 0.3) is 0 Å². The number of rotatable bonds is 3. The Bertz CT molecular complexity index is 412. The quantitative estimate of drug-likeness (QED) is 0.658. The monoisotopic (exact) mass is 348 g/mol. The first-order valence-electron chi connectivity index (χ1n) is 5.00. The van der Waals surface area contributed by atoms with Crippen molar-refractivity contribution in [2.75, 3.05) is 0 Å². The van der Waals surface area contributed by atoms with Crippen molar-refractivity contribution in [3.8, 4) is 5.75 Å². The second kappa shape index (κ2) is 5.32. The lowest BCUT2D eigenvalue weighted by atomic mass is 9.95. The van der Waals surface area contributed by atoms with E-state index in [0.717, 1.165) is 11.1 Å². The number of aromatic hydroxyl groups is 1. The fourth-order valence-electron chi connectivity index (χ4n) is 1.55. The molecule has 0 radical (unpaired) electrons. The van der Waals surface area contributed by atoms with Gasteiger partial charge in [-0.1, -0.05) is 45.7 Å². The zero-order chi connectivity index (χ0) is 12.5. The van der Waals surface area contributed by atoms with Crippen LogP contribution in [0.5, 0.6) is 5.75 Å². The maximum absolute atomic E-state index is 11.9. The minimum atomic E-state index is -0.386. The fraction of sp³-hybridized carbons (Fsp3) is 0.417. The summed E-state index contributed by atoms with van der Waals surface area (Å²) in [5.74, 6) is 0.417. The number of carbonyl (C=O) groups is 1. The second-order valence-electron chi connectivity index (χ2n) is 4.05. The van der Waals surface area contributed by atoms with E-state index in [9.17, 15) is 9.90 Å². The van der Waals surface area contributed by atoms with Crippen molar-refractivity contribution in [2.24, 2.45) is 0 Å². The smallest absolute Gasteiger partial charge is 0.187 e. The summed E-state index contributed by atoms with van der Waals surface area (Å²) in [5.41, 5.74) is 2.23. The summed E-state index contributed by atoms with van der Waals surface area (Å²) in [4.78, 5) is 11.9. The van der Waals surface area contributed by atoms with E-state index in [0.29, 0.717) is 5.56 Å². The number of phenols is 1. The zero-order valence-corrected chi connectivity index (χ0v) is 12.6. The first-order valence-corrected chi connectivity index (χ1v) is 6.83. The lowest BCUT2D eigenvalue weighted by molar-refractivity contribution is 0.101. The third-order valence-corrected chi connectivity index (χ3v) is 3.29. The number of hydrogen-bond donors (Lipinski definition) is 1. The Balaban J connectivity index is 3.30. The summed E-state index contributed by atoms with van der Waals surface area (Å²) < 4.78 is -0.386. The lowest BCUT2D eigenvalue weighted by Crippen LogP contribution is -2.10. The number of halogens is 2. The molecule has 0 aliphatic rings.